The first-order valence-corrected chi connectivity index (χ1v) is 12.4. The summed E-state index contributed by atoms with van der Waals surface area (Å²) in [5.74, 6) is 0.918. The first-order valence-electron chi connectivity index (χ1n) is 11.6. The molecule has 0 amide bonds. The quantitative estimate of drug-likeness (QED) is 0.245. The summed E-state index contributed by atoms with van der Waals surface area (Å²) in [4.78, 5) is 21.4. The van der Waals surface area contributed by atoms with E-state index in [1.54, 1.807) is 36.8 Å². The lowest BCUT2D eigenvalue weighted by molar-refractivity contribution is -0.139. The Bertz CT molecular complexity index is 1560. The van der Waals surface area contributed by atoms with Crippen LogP contribution in [0.2, 0.25) is 0 Å². The molecule has 8 heteroatoms. The number of aromatic nitrogens is 2. The van der Waals surface area contributed by atoms with Crippen LogP contribution in [0.4, 0.5) is 0 Å². The van der Waals surface area contributed by atoms with Gasteiger partial charge in [0.15, 0.2) is 6.61 Å². The number of carbonyl (C=O) groups is 1. The molecule has 3 aromatic carbocycles. The van der Waals surface area contributed by atoms with Crippen molar-refractivity contribution < 1.29 is 24.1 Å². The zero-order valence-corrected chi connectivity index (χ0v) is 21.1. The van der Waals surface area contributed by atoms with Crippen LogP contribution < -0.4 is 14.2 Å². The molecule has 0 aliphatic carbocycles. The van der Waals surface area contributed by atoms with Gasteiger partial charge in [0.05, 0.1) is 23.2 Å². The molecule has 0 radical (unpaired) electrons. The third-order valence-corrected chi connectivity index (χ3v) is 6.83. The molecule has 0 saturated carbocycles. The smallest absolute Gasteiger partial charge is 0.341 e. The summed E-state index contributed by atoms with van der Waals surface area (Å²) in [6.45, 7) is 1.74. The summed E-state index contributed by atoms with van der Waals surface area (Å²) in [6, 6.07) is 23.3. The number of benzene rings is 3. The Morgan fingerprint density at radius 3 is 2.51 bits per heavy atom. The minimum Gasteiger partial charge on any atom is -0.497 e. The largest absolute Gasteiger partial charge is 0.497 e. The SMILES string of the molecule is COc1ccc(-c2nc(COc3ccc(OCC(=O)O)c(C)c3)sc2-c2cccc3cccnc23)cc1. The van der Waals surface area contributed by atoms with E-state index in [4.69, 9.17) is 24.3 Å². The van der Waals surface area contributed by atoms with Crippen molar-refractivity contribution in [3.8, 4) is 38.9 Å². The number of pyridine rings is 1. The van der Waals surface area contributed by atoms with Gasteiger partial charge in [0.2, 0.25) is 0 Å². The number of hydrogen-bond donors (Lipinski definition) is 1. The van der Waals surface area contributed by atoms with Gasteiger partial charge >= 0.3 is 5.97 Å². The van der Waals surface area contributed by atoms with Crippen LogP contribution in [0.15, 0.2) is 79.0 Å². The summed E-state index contributed by atoms with van der Waals surface area (Å²) in [5.41, 5.74) is 4.56. The number of hydrogen-bond acceptors (Lipinski definition) is 7. The fourth-order valence-electron chi connectivity index (χ4n) is 4.00. The number of carboxylic acid groups (broad SMARTS) is 1. The van der Waals surface area contributed by atoms with Crippen molar-refractivity contribution >= 4 is 28.2 Å². The van der Waals surface area contributed by atoms with E-state index in [-0.39, 0.29) is 13.2 Å². The third-order valence-electron chi connectivity index (χ3n) is 5.77. The molecule has 0 spiro atoms. The molecule has 0 fully saturated rings. The van der Waals surface area contributed by atoms with Gasteiger partial charge in [-0.15, -0.1) is 11.3 Å². The van der Waals surface area contributed by atoms with Crippen molar-refractivity contribution in [2.24, 2.45) is 0 Å². The van der Waals surface area contributed by atoms with Crippen LogP contribution in [0.1, 0.15) is 10.6 Å². The maximum atomic E-state index is 10.8. The predicted molar refractivity (Wildman–Crippen MR) is 143 cm³/mol. The number of rotatable bonds is 9. The second-order valence-electron chi connectivity index (χ2n) is 8.29. The number of para-hydroxylation sites is 1. The van der Waals surface area contributed by atoms with Crippen molar-refractivity contribution in [1.82, 2.24) is 9.97 Å². The van der Waals surface area contributed by atoms with Crippen LogP contribution in [-0.4, -0.2) is 34.8 Å². The number of methoxy groups -OCH3 is 1. The Balaban J connectivity index is 1.47. The first kappa shape index (κ1) is 24.3. The minimum absolute atomic E-state index is 0.279. The van der Waals surface area contributed by atoms with Crippen molar-refractivity contribution in [3.63, 3.8) is 0 Å². The molecule has 0 aliphatic rings. The highest BCUT2D eigenvalue weighted by molar-refractivity contribution is 7.15. The van der Waals surface area contributed by atoms with Crippen LogP contribution in [0.25, 0.3) is 32.6 Å². The average molecular weight is 513 g/mol. The molecular weight excluding hydrogens is 488 g/mol. The molecule has 0 atom stereocenters. The number of nitrogens with zero attached hydrogens (tertiary/aromatic N) is 2. The summed E-state index contributed by atoms with van der Waals surface area (Å²) < 4.78 is 16.7. The van der Waals surface area contributed by atoms with Gasteiger partial charge in [0, 0.05) is 22.7 Å². The van der Waals surface area contributed by atoms with E-state index in [0.717, 1.165) is 48.9 Å². The molecule has 0 saturated heterocycles. The zero-order chi connectivity index (χ0) is 25.8. The van der Waals surface area contributed by atoms with Crippen LogP contribution in [0, 0.1) is 6.92 Å². The van der Waals surface area contributed by atoms with Gasteiger partial charge in [0.1, 0.15) is 28.9 Å². The number of ether oxygens (including phenoxy) is 3. The molecule has 0 unspecified atom stereocenters. The van der Waals surface area contributed by atoms with Gasteiger partial charge in [-0.05, 0) is 61.0 Å². The first-order chi connectivity index (χ1) is 18.0. The van der Waals surface area contributed by atoms with Gasteiger partial charge < -0.3 is 19.3 Å². The molecule has 37 heavy (non-hydrogen) atoms. The molecule has 2 heterocycles. The lowest BCUT2D eigenvalue weighted by atomic mass is 10.0. The van der Waals surface area contributed by atoms with Gasteiger partial charge in [-0.25, -0.2) is 9.78 Å². The second kappa shape index (κ2) is 10.7. The summed E-state index contributed by atoms with van der Waals surface area (Å²) in [6.07, 6.45) is 1.80. The van der Waals surface area contributed by atoms with Crippen LogP contribution in [0.5, 0.6) is 17.2 Å². The summed E-state index contributed by atoms with van der Waals surface area (Å²) in [5, 5.41) is 10.7. The number of aryl methyl sites for hydroxylation is 1. The molecule has 186 valence electrons. The van der Waals surface area contributed by atoms with E-state index in [2.05, 4.69) is 23.2 Å². The fraction of sp³-hybridized carbons (Fsp3) is 0.138. The number of aliphatic carboxylic acids is 1. The van der Waals surface area contributed by atoms with E-state index in [1.807, 2.05) is 49.4 Å². The third kappa shape index (κ3) is 5.39. The summed E-state index contributed by atoms with van der Waals surface area (Å²) in [7, 11) is 1.65. The van der Waals surface area contributed by atoms with Gasteiger partial charge in [-0.1, -0.05) is 24.3 Å². The van der Waals surface area contributed by atoms with Crippen molar-refractivity contribution in [3.05, 3.63) is 89.6 Å². The Morgan fingerprint density at radius 2 is 1.76 bits per heavy atom. The Hall–Kier alpha value is -4.43. The molecule has 2 aromatic heterocycles. The van der Waals surface area contributed by atoms with E-state index >= 15 is 0 Å². The molecule has 0 aliphatic heterocycles. The predicted octanol–water partition coefficient (Wildman–Crippen LogP) is 6.38. The molecule has 5 rings (SSSR count). The standard InChI is InChI=1S/C29H24N2O5S/c1-18-15-22(12-13-24(18)36-17-26(32)33)35-16-25-31-28(20-8-10-21(34-2)11-9-20)29(37-25)23-7-3-5-19-6-4-14-30-27(19)23/h3-15H,16-17H2,1-2H3,(H,32,33). The Morgan fingerprint density at radius 1 is 0.973 bits per heavy atom. The number of carboxylic acids is 1. The molecular formula is C29H24N2O5S. The van der Waals surface area contributed by atoms with Gasteiger partial charge in [-0.3, -0.25) is 4.98 Å². The monoisotopic (exact) mass is 512 g/mol. The second-order valence-corrected chi connectivity index (χ2v) is 9.38. The van der Waals surface area contributed by atoms with E-state index < -0.39 is 5.97 Å². The van der Waals surface area contributed by atoms with Gasteiger partial charge in [0.25, 0.3) is 0 Å². The number of fused-ring (bicyclic) bond motifs is 1. The molecule has 5 aromatic rings. The van der Waals surface area contributed by atoms with Gasteiger partial charge in [-0.2, -0.15) is 0 Å². The average Bonchev–Trinajstić information content (AvgIpc) is 3.35. The van der Waals surface area contributed by atoms with Crippen molar-refractivity contribution in [1.29, 1.82) is 0 Å². The van der Waals surface area contributed by atoms with E-state index in [1.165, 1.54) is 0 Å². The summed E-state index contributed by atoms with van der Waals surface area (Å²) >= 11 is 1.57. The minimum atomic E-state index is -1.02. The van der Waals surface area contributed by atoms with Crippen LogP contribution in [-0.2, 0) is 11.4 Å². The molecule has 0 bridgehead atoms. The highest BCUT2D eigenvalue weighted by Gasteiger charge is 2.18. The fourth-order valence-corrected chi connectivity index (χ4v) is 5.02. The lowest BCUT2D eigenvalue weighted by Gasteiger charge is -2.09. The number of thiazole rings is 1. The van der Waals surface area contributed by atoms with Crippen LogP contribution >= 0.6 is 11.3 Å². The normalized spacial score (nSPS) is 10.9. The maximum Gasteiger partial charge on any atom is 0.341 e. The molecule has 7 nitrogen and oxygen atoms in total. The van der Waals surface area contributed by atoms with Crippen molar-refractivity contribution in [2.75, 3.05) is 13.7 Å². The highest BCUT2D eigenvalue weighted by Crippen LogP contribution is 2.40. The van der Waals surface area contributed by atoms with Crippen molar-refractivity contribution in [2.45, 2.75) is 13.5 Å². The lowest BCUT2D eigenvalue weighted by Crippen LogP contribution is -2.10. The van der Waals surface area contributed by atoms with E-state index in [9.17, 15) is 4.79 Å². The Labute approximate surface area is 217 Å². The van der Waals surface area contributed by atoms with Crippen LogP contribution in [0.3, 0.4) is 0 Å². The Kier molecular flexibility index (Phi) is 7.00. The topological polar surface area (TPSA) is 90.8 Å². The maximum absolute atomic E-state index is 10.8. The highest BCUT2D eigenvalue weighted by atomic mass is 32.1. The zero-order valence-electron chi connectivity index (χ0n) is 20.3. The van der Waals surface area contributed by atoms with E-state index in [0.29, 0.717) is 11.5 Å². The molecule has 1 N–H and O–H groups in total.